The van der Waals surface area contributed by atoms with Crippen LogP contribution in [0.1, 0.15) is 53.4 Å². The monoisotopic (exact) mass is 1150 g/mol. The van der Waals surface area contributed by atoms with Gasteiger partial charge in [0.2, 0.25) is 0 Å². The summed E-state index contributed by atoms with van der Waals surface area (Å²) < 4.78 is 17.5. The fourth-order valence-electron chi connectivity index (χ4n) is 2.60. The molecule has 0 aromatic rings. The maximum Gasteiger partial charge on any atom is 2.00 e. The number of methoxy groups -OCH3 is 4. The molecule has 74 heavy (non-hydrogen) atoms. The van der Waals surface area contributed by atoms with E-state index in [1.54, 1.807) is 0 Å². The first-order valence-corrected chi connectivity index (χ1v) is 16.8. The van der Waals surface area contributed by atoms with Gasteiger partial charge in [-0.2, -0.15) is 0 Å². The summed E-state index contributed by atoms with van der Waals surface area (Å²) >= 11 is 0. The second-order valence-electron chi connectivity index (χ2n) is 8.38. The first kappa shape index (κ1) is 121. The first-order valence-electron chi connectivity index (χ1n) is 16.8. The predicted molar refractivity (Wildman–Crippen MR) is 255 cm³/mol. The van der Waals surface area contributed by atoms with Gasteiger partial charge in [-0.05, 0) is 51.3 Å². The third kappa shape index (κ3) is 131. The Labute approximate surface area is 452 Å². The molecule has 0 bridgehead atoms. The van der Waals surface area contributed by atoms with Crippen LogP contribution in [0.25, 0.3) is 0 Å². The minimum atomic E-state index is -0.850. The molecule has 0 aromatic heterocycles. The molecule has 0 aliphatic heterocycles. The van der Waals surface area contributed by atoms with Gasteiger partial charge >= 0.3 is 57.4 Å². The van der Waals surface area contributed by atoms with Gasteiger partial charge in [-0.25, -0.2) is 19.2 Å². The third-order valence-corrected chi connectivity index (χ3v) is 4.49. The quantitative estimate of drug-likeness (QED) is 0.0581. The van der Waals surface area contributed by atoms with E-state index in [-0.39, 0.29) is 59.2 Å². The number of carbonyl (C=O) groups is 16. The Morgan fingerprint density at radius 2 is 0.432 bits per heavy atom. The summed E-state index contributed by atoms with van der Waals surface area (Å²) in [4.78, 5) is 153. The topological polar surface area (TPSA) is 452 Å². The van der Waals surface area contributed by atoms with E-state index < -0.39 is 71.6 Å². The summed E-state index contributed by atoms with van der Waals surface area (Å²) in [5.74, 6) is 4.92. The molecule has 0 aliphatic rings. The largest absolute Gasteiger partial charge is 2.00 e. The van der Waals surface area contributed by atoms with Crippen molar-refractivity contribution in [3.63, 3.8) is 0 Å². The Morgan fingerprint density at radius 3 is 0.486 bits per heavy atom. The molecule has 0 saturated heterocycles. The standard InChI is InChI=1S/4C8H11NO3.12CH2O.2Co/c4*1-4-5-7(8(11)12-3)9-6(2)10;12*1-2;;/h4*1,7H,5H2,2-3H3,(H,9,10);12*1H2;;/q;;;;;;;;;;;;;;;;2*+2/p-4. The van der Waals surface area contributed by atoms with Crippen molar-refractivity contribution in [3.8, 4) is 49.4 Å². The Morgan fingerprint density at radius 1 is 0.338 bits per heavy atom. The molecule has 0 N–H and O–H groups in total. The summed E-state index contributed by atoms with van der Waals surface area (Å²) in [6, 6.07) is -3.40. The molecule has 4 atom stereocenters. The number of esters is 4. The van der Waals surface area contributed by atoms with Gasteiger partial charge in [0, 0.05) is 25.7 Å². The van der Waals surface area contributed by atoms with E-state index in [0.717, 1.165) is 0 Å². The van der Waals surface area contributed by atoms with E-state index in [1.807, 2.05) is 81.5 Å². The molecule has 0 aliphatic carbocycles. The Hall–Kier alpha value is -8.95. The van der Waals surface area contributed by atoms with Crippen LogP contribution in [0.15, 0.2) is 20.0 Å². The van der Waals surface area contributed by atoms with Gasteiger partial charge in [0.15, 0.2) is 24.2 Å². The van der Waals surface area contributed by atoms with Gasteiger partial charge in [-0.15, -0.1) is 49.4 Å². The van der Waals surface area contributed by atoms with Crippen molar-refractivity contribution in [1.82, 2.24) is 0 Å². The molecule has 30 heteroatoms. The first-order chi connectivity index (χ1) is 34.5. The SMILES string of the molecule is C#CCC(N=C(C)[O-])C(=O)OC.C#CCC(N=C(C)[O-])C(=O)OC.C#CCC(N=C(C)[O-])C(=O)OC.C#CCC(N=C(C)[O-])C(=O)OC.C=O.C=O.C=O.C=O.C=O.C=O.C=O.C=O.C=O.C=O.C=O.C=O.[Co+2].[Co+2]. The average molecular weight is 1150 g/mol. The van der Waals surface area contributed by atoms with E-state index in [2.05, 4.69) is 62.6 Å². The molecule has 0 amide bonds. The number of rotatable bonds is 12. The predicted octanol–water partition coefficient (Wildman–Crippen LogP) is -4.90. The molecular formula is C44H64Co2N4O24. The molecule has 0 rings (SSSR count). The Bertz CT molecular complexity index is 1290. The molecule has 0 fully saturated rings. The van der Waals surface area contributed by atoms with Crippen LogP contribution in [0.2, 0.25) is 0 Å². The van der Waals surface area contributed by atoms with Gasteiger partial charge in [-0.1, -0.05) is 0 Å². The van der Waals surface area contributed by atoms with Crippen LogP contribution in [0, 0.1) is 49.4 Å². The fourth-order valence-corrected chi connectivity index (χ4v) is 2.60. The van der Waals surface area contributed by atoms with E-state index in [4.69, 9.17) is 83.2 Å². The maximum atomic E-state index is 10.9. The van der Waals surface area contributed by atoms with E-state index in [0.29, 0.717) is 0 Å². The minimum absolute atomic E-state index is 0. The van der Waals surface area contributed by atoms with Crippen molar-refractivity contribution < 1.29 is 150 Å². The molecule has 0 aromatic carbocycles. The van der Waals surface area contributed by atoms with Gasteiger partial charge in [0.25, 0.3) is 0 Å². The van der Waals surface area contributed by atoms with Gasteiger partial charge in [-0.3, -0.25) is 20.0 Å². The van der Waals surface area contributed by atoms with Crippen LogP contribution >= 0.6 is 0 Å². The molecule has 0 saturated carbocycles. The molecule has 0 spiro atoms. The van der Waals surface area contributed by atoms with Crippen LogP contribution < -0.4 is 20.4 Å². The summed E-state index contributed by atoms with van der Waals surface area (Å²) in [6.07, 6.45) is 20.2. The third-order valence-electron chi connectivity index (χ3n) is 4.49. The van der Waals surface area contributed by atoms with Crippen LogP contribution in [0.4, 0.5) is 0 Å². The zero-order valence-corrected chi connectivity index (χ0v) is 44.3. The molecule has 422 valence electrons. The van der Waals surface area contributed by atoms with Crippen molar-refractivity contribution in [3.05, 3.63) is 0 Å². The molecular weight excluding hydrogens is 1090 g/mol. The molecule has 4 unspecified atom stereocenters. The van der Waals surface area contributed by atoms with Gasteiger partial charge in [0.05, 0.1) is 28.4 Å². The summed E-state index contributed by atoms with van der Waals surface area (Å²) in [5, 5.41) is 42.0. The number of hydrogen-bond donors (Lipinski definition) is 0. The van der Waals surface area contributed by atoms with E-state index >= 15 is 0 Å². The van der Waals surface area contributed by atoms with Gasteiger partial charge < -0.3 is 96.9 Å². The second-order valence-corrected chi connectivity index (χ2v) is 8.38. The van der Waals surface area contributed by atoms with Crippen molar-refractivity contribution in [2.24, 2.45) is 20.0 Å². The van der Waals surface area contributed by atoms with Crippen molar-refractivity contribution in [2.75, 3.05) is 28.4 Å². The average Bonchev–Trinajstić information content (AvgIpc) is 3.44. The number of nitrogens with zero attached hydrogens (tertiary/aromatic N) is 4. The summed E-state index contributed by atoms with van der Waals surface area (Å²) in [7, 11) is 4.89. The zero-order chi connectivity index (χ0) is 62.2. The molecule has 28 nitrogen and oxygen atoms in total. The number of aliphatic imine (C=N–C) groups is 4. The van der Waals surface area contributed by atoms with E-state index in [1.165, 1.54) is 56.1 Å². The van der Waals surface area contributed by atoms with Crippen molar-refractivity contribution in [2.45, 2.75) is 77.5 Å². The van der Waals surface area contributed by atoms with Crippen LogP contribution in [0.3, 0.4) is 0 Å². The summed E-state index contributed by atoms with van der Waals surface area (Å²) in [6.45, 7) is 29.0. The number of carbonyl (C=O) groups excluding carboxylic acids is 16. The second kappa shape index (κ2) is 137. The molecule has 2 radical (unpaired) electrons. The minimum Gasteiger partial charge on any atom is -0.862 e. The smallest absolute Gasteiger partial charge is 0.862 e. The summed E-state index contributed by atoms with van der Waals surface area (Å²) in [5.41, 5.74) is 0. The van der Waals surface area contributed by atoms with Crippen LogP contribution in [0.5, 0.6) is 0 Å². The van der Waals surface area contributed by atoms with Crippen molar-refractivity contribution in [1.29, 1.82) is 0 Å². The normalized spacial score (nSPS) is 9.24. The number of hydrogen-bond acceptors (Lipinski definition) is 28. The number of terminal acetylenes is 4. The zero-order valence-electron chi connectivity index (χ0n) is 42.2. The van der Waals surface area contributed by atoms with Crippen LogP contribution in [-0.2, 0) is 129 Å². The number of ether oxygens (including phenoxy) is 4. The van der Waals surface area contributed by atoms with Crippen molar-refractivity contribution >= 4 is 129 Å². The van der Waals surface area contributed by atoms with Crippen LogP contribution in [-0.4, -0.2) is 182 Å². The Kier molecular flexibility index (Phi) is 224. The Balaban J connectivity index is -0.0000000307. The maximum absolute atomic E-state index is 10.9. The molecule has 0 heterocycles. The van der Waals surface area contributed by atoms with E-state index in [9.17, 15) is 39.6 Å². The van der Waals surface area contributed by atoms with Gasteiger partial charge in [0.1, 0.15) is 81.5 Å². The fraction of sp³-hybridized carbons (Fsp3) is 0.364.